The van der Waals surface area contributed by atoms with Gasteiger partial charge in [0.2, 0.25) is 0 Å². The lowest BCUT2D eigenvalue weighted by Gasteiger charge is -2.33. The van der Waals surface area contributed by atoms with Crippen molar-refractivity contribution < 1.29 is 0 Å². The summed E-state index contributed by atoms with van der Waals surface area (Å²) in [7, 11) is 0. The minimum absolute atomic E-state index is 0.610. The van der Waals surface area contributed by atoms with Gasteiger partial charge in [-0.25, -0.2) is 0 Å². The lowest BCUT2D eigenvalue weighted by atomic mass is 9.70. The van der Waals surface area contributed by atoms with E-state index in [2.05, 4.69) is 275 Å². The van der Waals surface area contributed by atoms with Gasteiger partial charge < -0.3 is 14.4 Å². The number of rotatable bonds is 7. The molecule has 1 heterocycles. The van der Waals surface area contributed by atoms with Crippen LogP contribution in [0.3, 0.4) is 0 Å². The van der Waals surface area contributed by atoms with Crippen LogP contribution in [-0.4, -0.2) is 4.57 Å². The highest BCUT2D eigenvalue weighted by Crippen LogP contribution is 2.67. The van der Waals surface area contributed by atoms with Gasteiger partial charge in [0, 0.05) is 55.7 Å². The molecule has 1 atom stereocenters. The normalized spacial score (nSPS) is 14.2. The van der Waals surface area contributed by atoms with Crippen molar-refractivity contribution >= 4 is 66.7 Å². The van der Waals surface area contributed by atoms with Crippen LogP contribution in [0, 0.1) is 0 Å². The van der Waals surface area contributed by atoms with Crippen LogP contribution in [0.1, 0.15) is 22.3 Å². The zero-order valence-corrected chi connectivity index (χ0v) is 37.2. The number of anilines is 6. The van der Waals surface area contributed by atoms with Gasteiger partial charge in [0.05, 0.1) is 27.8 Å². The van der Waals surface area contributed by atoms with Crippen molar-refractivity contribution in [1.82, 2.24) is 4.57 Å². The summed E-state index contributed by atoms with van der Waals surface area (Å²) in [5.41, 5.74) is 19.9. The average Bonchev–Trinajstić information content (AvgIpc) is 4.02. The first-order chi connectivity index (χ1) is 33.8. The van der Waals surface area contributed by atoms with Crippen LogP contribution in [0.15, 0.2) is 261 Å². The molecule has 2 aliphatic carbocycles. The molecule has 1 aromatic heterocycles. The van der Waals surface area contributed by atoms with Crippen molar-refractivity contribution in [3.05, 3.63) is 283 Å². The Morgan fingerprint density at radius 3 is 1.50 bits per heavy atom. The zero-order valence-electron chi connectivity index (χ0n) is 37.2. The first kappa shape index (κ1) is 38.4. The molecule has 0 aliphatic heterocycles. The standard InChI is InChI=1S/C65H43N3/c1-5-23-45(24-6-1)66(49-40-41-60-54(43-49)51-32-17-20-38-59(51)68(60)48-29-11-4-12-30-48)61-39-21-37-57-62(61)52-33-15-18-35-55(52)65(57)56-36-19-16-34-53(56)63-58(65)42-44-22-13-14-31-50(44)64(63)67(46-25-7-2-8-26-46)47-27-9-3-10-28-47/h1-43H. The van der Waals surface area contributed by atoms with Gasteiger partial charge in [-0.3, -0.25) is 0 Å². The Balaban J connectivity index is 1.07. The number of benzene rings is 11. The van der Waals surface area contributed by atoms with Gasteiger partial charge in [-0.15, -0.1) is 0 Å². The molecule has 0 amide bonds. The molecule has 11 aromatic carbocycles. The number of para-hydroxylation sites is 5. The van der Waals surface area contributed by atoms with Crippen molar-refractivity contribution in [2.45, 2.75) is 5.41 Å². The SMILES string of the molecule is c1ccc(N(c2ccc3c(c2)c2ccccc2n3-c2ccccc2)c2cccc3c2-c2ccccc2C32c3ccccc3-c3c2cc2ccccc2c3N(c2ccccc2)c2ccccc2)cc1. The van der Waals surface area contributed by atoms with Crippen LogP contribution in [0.4, 0.5) is 34.1 Å². The zero-order chi connectivity index (χ0) is 44.8. The molecule has 68 heavy (non-hydrogen) atoms. The summed E-state index contributed by atoms with van der Waals surface area (Å²) in [6.45, 7) is 0. The predicted octanol–water partition coefficient (Wildman–Crippen LogP) is 17.2. The first-order valence-electron chi connectivity index (χ1n) is 23.5. The fourth-order valence-corrected chi connectivity index (χ4v) is 11.9. The highest BCUT2D eigenvalue weighted by Gasteiger charge is 2.53. The summed E-state index contributed by atoms with van der Waals surface area (Å²) in [4.78, 5) is 4.97. The highest BCUT2D eigenvalue weighted by atomic mass is 15.2. The number of aromatic nitrogens is 1. The third-order valence-corrected chi connectivity index (χ3v) is 14.5. The van der Waals surface area contributed by atoms with Crippen LogP contribution in [0.25, 0.3) is 60.5 Å². The molecule has 0 fully saturated rings. The second-order valence-corrected chi connectivity index (χ2v) is 18.0. The van der Waals surface area contributed by atoms with Crippen molar-refractivity contribution in [2.75, 3.05) is 9.80 Å². The summed E-state index contributed by atoms with van der Waals surface area (Å²) in [5, 5.41) is 4.87. The van der Waals surface area contributed by atoms with Crippen molar-refractivity contribution in [3.63, 3.8) is 0 Å². The molecular formula is C65H43N3. The van der Waals surface area contributed by atoms with Crippen LogP contribution < -0.4 is 9.80 Å². The summed E-state index contributed by atoms with van der Waals surface area (Å²) >= 11 is 0. The van der Waals surface area contributed by atoms with E-state index >= 15 is 0 Å². The summed E-state index contributed by atoms with van der Waals surface area (Å²) in [5.74, 6) is 0. The number of hydrogen-bond donors (Lipinski definition) is 0. The largest absolute Gasteiger partial charge is 0.310 e. The summed E-state index contributed by atoms with van der Waals surface area (Å²) in [6, 6.07) is 96.1. The van der Waals surface area contributed by atoms with Crippen LogP contribution in [0.2, 0.25) is 0 Å². The smallest absolute Gasteiger partial charge is 0.0727 e. The minimum atomic E-state index is -0.610. The molecule has 14 rings (SSSR count). The Morgan fingerprint density at radius 1 is 0.309 bits per heavy atom. The number of nitrogens with zero attached hydrogens (tertiary/aromatic N) is 3. The van der Waals surface area contributed by atoms with E-state index in [1.165, 1.54) is 82.8 Å². The lowest BCUT2D eigenvalue weighted by Crippen LogP contribution is -2.26. The molecule has 12 aromatic rings. The van der Waals surface area contributed by atoms with Gasteiger partial charge in [-0.2, -0.15) is 0 Å². The molecule has 3 heteroatoms. The van der Waals surface area contributed by atoms with Crippen LogP contribution in [-0.2, 0) is 5.41 Å². The van der Waals surface area contributed by atoms with E-state index in [9.17, 15) is 0 Å². The van der Waals surface area contributed by atoms with E-state index in [0.29, 0.717) is 0 Å². The topological polar surface area (TPSA) is 11.4 Å². The molecule has 2 aliphatic rings. The molecular weight excluding hydrogens is 823 g/mol. The Kier molecular flexibility index (Phi) is 8.50. The molecule has 0 saturated carbocycles. The van der Waals surface area contributed by atoms with Gasteiger partial charge in [-0.1, -0.05) is 176 Å². The Labute approximate surface area is 395 Å². The maximum atomic E-state index is 2.51. The van der Waals surface area contributed by atoms with E-state index in [1.54, 1.807) is 0 Å². The highest BCUT2D eigenvalue weighted by molar-refractivity contribution is 6.14. The van der Waals surface area contributed by atoms with Gasteiger partial charge >= 0.3 is 0 Å². The second kappa shape index (κ2) is 15.1. The third-order valence-electron chi connectivity index (χ3n) is 14.5. The predicted molar refractivity (Wildman–Crippen MR) is 284 cm³/mol. The summed E-state index contributed by atoms with van der Waals surface area (Å²) in [6.07, 6.45) is 0. The van der Waals surface area contributed by atoms with E-state index in [0.717, 1.165) is 34.1 Å². The number of hydrogen-bond acceptors (Lipinski definition) is 2. The lowest BCUT2D eigenvalue weighted by molar-refractivity contribution is 0.795. The first-order valence-corrected chi connectivity index (χ1v) is 23.5. The van der Waals surface area contributed by atoms with Crippen LogP contribution >= 0.6 is 0 Å². The van der Waals surface area contributed by atoms with Gasteiger partial charge in [0.1, 0.15) is 0 Å². The molecule has 0 saturated heterocycles. The van der Waals surface area contributed by atoms with Gasteiger partial charge in [0.15, 0.2) is 0 Å². The third kappa shape index (κ3) is 5.41. The monoisotopic (exact) mass is 865 g/mol. The molecule has 1 unspecified atom stereocenters. The second-order valence-electron chi connectivity index (χ2n) is 18.0. The van der Waals surface area contributed by atoms with E-state index in [-0.39, 0.29) is 0 Å². The van der Waals surface area contributed by atoms with Crippen molar-refractivity contribution in [3.8, 4) is 27.9 Å². The van der Waals surface area contributed by atoms with Crippen molar-refractivity contribution in [1.29, 1.82) is 0 Å². The molecule has 0 bridgehead atoms. The quantitative estimate of drug-likeness (QED) is 0.158. The fourth-order valence-electron chi connectivity index (χ4n) is 11.9. The Morgan fingerprint density at radius 2 is 0.824 bits per heavy atom. The molecule has 3 nitrogen and oxygen atoms in total. The van der Waals surface area contributed by atoms with Crippen molar-refractivity contribution in [2.24, 2.45) is 0 Å². The van der Waals surface area contributed by atoms with Gasteiger partial charge in [-0.05, 0) is 124 Å². The maximum absolute atomic E-state index is 2.51. The molecule has 0 N–H and O–H groups in total. The molecule has 0 radical (unpaired) electrons. The van der Waals surface area contributed by atoms with E-state index in [1.807, 2.05) is 0 Å². The van der Waals surface area contributed by atoms with E-state index in [4.69, 9.17) is 0 Å². The summed E-state index contributed by atoms with van der Waals surface area (Å²) < 4.78 is 2.39. The van der Waals surface area contributed by atoms with Crippen LogP contribution in [0.5, 0.6) is 0 Å². The Bertz CT molecular complexity index is 3870. The molecule has 318 valence electrons. The van der Waals surface area contributed by atoms with Gasteiger partial charge in [0.25, 0.3) is 0 Å². The fraction of sp³-hybridized carbons (Fsp3) is 0.0154. The Hall–Kier alpha value is -8.92. The minimum Gasteiger partial charge on any atom is -0.310 e. The number of fused-ring (bicyclic) bond motifs is 14. The average molecular weight is 866 g/mol. The van der Waals surface area contributed by atoms with E-state index < -0.39 is 5.41 Å². The molecule has 1 spiro atoms. The maximum Gasteiger partial charge on any atom is 0.0727 e.